The molecule has 0 aliphatic carbocycles. The van der Waals surface area contributed by atoms with Crippen molar-refractivity contribution in [3.63, 3.8) is 0 Å². The van der Waals surface area contributed by atoms with Crippen LogP contribution >= 0.6 is 0 Å². The summed E-state index contributed by atoms with van der Waals surface area (Å²) in [5.41, 5.74) is 0.250. The molecule has 0 fully saturated rings. The summed E-state index contributed by atoms with van der Waals surface area (Å²) in [6, 6.07) is 0. The van der Waals surface area contributed by atoms with E-state index in [1.165, 1.54) is 0 Å². The lowest BCUT2D eigenvalue weighted by molar-refractivity contribution is 0.510. The van der Waals surface area contributed by atoms with Crippen LogP contribution in [0.15, 0.2) is 15.9 Å². The lowest BCUT2D eigenvalue weighted by Crippen LogP contribution is -2.33. The zero-order chi connectivity index (χ0) is 9.71. The van der Waals surface area contributed by atoms with E-state index in [-0.39, 0.29) is 5.69 Å². The average molecular weight is 192 g/mol. The van der Waals surface area contributed by atoms with E-state index in [1.54, 1.807) is 10.9 Å². The van der Waals surface area contributed by atoms with E-state index in [0.29, 0.717) is 17.7 Å². The third-order valence-corrected chi connectivity index (χ3v) is 2.53. The van der Waals surface area contributed by atoms with Gasteiger partial charge in [0.05, 0.1) is 6.33 Å². The molecule has 3 rings (SSSR count). The van der Waals surface area contributed by atoms with Gasteiger partial charge < -0.3 is 4.57 Å². The van der Waals surface area contributed by atoms with Crippen LogP contribution in [0.3, 0.4) is 0 Å². The Hall–Kier alpha value is -1.85. The van der Waals surface area contributed by atoms with E-state index >= 15 is 0 Å². The molecule has 6 nitrogen and oxygen atoms in total. The molecule has 0 saturated carbocycles. The highest BCUT2D eigenvalue weighted by molar-refractivity contribution is 5.69. The number of hydrogen-bond donors (Lipinski definition) is 1. The molecule has 0 spiro atoms. The Bertz CT molecular complexity index is 618. The molecule has 1 aliphatic rings. The number of aromatic nitrogens is 4. The number of aryl methyl sites for hydroxylation is 2. The first-order chi connectivity index (χ1) is 6.77. The van der Waals surface area contributed by atoms with Gasteiger partial charge in [0.25, 0.3) is 5.56 Å². The Morgan fingerprint density at radius 3 is 3.07 bits per heavy atom. The normalized spacial score (nSPS) is 14.9. The molecule has 0 bridgehead atoms. The third kappa shape index (κ3) is 0.773. The van der Waals surface area contributed by atoms with Crippen LogP contribution in [0.25, 0.3) is 11.2 Å². The van der Waals surface area contributed by atoms with Crippen molar-refractivity contribution in [2.45, 2.75) is 19.5 Å². The van der Waals surface area contributed by atoms with Gasteiger partial charge in [-0.15, -0.1) is 0 Å². The van der Waals surface area contributed by atoms with Gasteiger partial charge in [0.15, 0.2) is 5.52 Å². The maximum Gasteiger partial charge on any atom is 0.330 e. The van der Waals surface area contributed by atoms with E-state index in [1.807, 2.05) is 4.57 Å². The van der Waals surface area contributed by atoms with Crippen LogP contribution in [-0.2, 0) is 13.1 Å². The number of imidazole rings is 1. The summed E-state index contributed by atoms with van der Waals surface area (Å²) >= 11 is 0. The summed E-state index contributed by atoms with van der Waals surface area (Å²) in [6.07, 6.45) is 2.50. The van der Waals surface area contributed by atoms with Crippen molar-refractivity contribution in [2.24, 2.45) is 0 Å². The van der Waals surface area contributed by atoms with E-state index in [2.05, 4.69) is 9.97 Å². The number of hydrogen-bond acceptors (Lipinski definition) is 3. The Balaban J connectivity index is 2.65. The lowest BCUT2D eigenvalue weighted by atomic mass is 10.3. The van der Waals surface area contributed by atoms with Crippen molar-refractivity contribution in [1.82, 2.24) is 19.1 Å². The van der Waals surface area contributed by atoms with Crippen LogP contribution in [0.5, 0.6) is 0 Å². The van der Waals surface area contributed by atoms with Crippen LogP contribution in [0, 0.1) is 0 Å². The number of nitrogens with one attached hydrogen (secondary N) is 1. The SMILES string of the molecule is O=c1[nH]c(=O)n2c3c1ncn3CCC2. The summed E-state index contributed by atoms with van der Waals surface area (Å²) in [7, 11) is 0. The zero-order valence-electron chi connectivity index (χ0n) is 7.36. The molecule has 0 atom stereocenters. The van der Waals surface area contributed by atoms with E-state index in [4.69, 9.17) is 0 Å². The minimum Gasteiger partial charge on any atom is -0.316 e. The second-order valence-electron chi connectivity index (χ2n) is 3.37. The lowest BCUT2D eigenvalue weighted by Gasteiger charge is -2.15. The molecule has 0 radical (unpaired) electrons. The molecule has 2 aromatic heterocycles. The van der Waals surface area contributed by atoms with Crippen molar-refractivity contribution >= 4 is 11.2 Å². The van der Waals surface area contributed by atoms with Gasteiger partial charge in [-0.3, -0.25) is 14.3 Å². The largest absolute Gasteiger partial charge is 0.330 e. The highest BCUT2D eigenvalue weighted by Gasteiger charge is 2.16. The molecular weight excluding hydrogens is 184 g/mol. The van der Waals surface area contributed by atoms with Gasteiger partial charge in [0.1, 0.15) is 5.65 Å². The van der Waals surface area contributed by atoms with Crippen molar-refractivity contribution < 1.29 is 0 Å². The fourth-order valence-corrected chi connectivity index (χ4v) is 1.91. The molecule has 0 aromatic carbocycles. The molecular formula is C8H8N4O2. The Morgan fingerprint density at radius 2 is 2.21 bits per heavy atom. The number of aromatic amines is 1. The van der Waals surface area contributed by atoms with Crippen molar-refractivity contribution in [2.75, 3.05) is 0 Å². The second-order valence-corrected chi connectivity index (χ2v) is 3.37. The van der Waals surface area contributed by atoms with Gasteiger partial charge in [-0.25, -0.2) is 9.78 Å². The molecule has 3 heterocycles. The molecule has 0 unspecified atom stereocenters. The molecule has 2 aromatic rings. The zero-order valence-corrected chi connectivity index (χ0v) is 7.36. The molecule has 0 amide bonds. The predicted molar refractivity (Wildman–Crippen MR) is 49.2 cm³/mol. The number of H-pyrrole nitrogens is 1. The number of nitrogens with zero attached hydrogens (tertiary/aromatic N) is 3. The standard InChI is InChI=1S/C8H8N4O2/c13-6-5-7-11(4-9-5)2-1-3-12(7)8(14)10-6/h4H,1-3H2,(H,10,13,14). The fourth-order valence-electron chi connectivity index (χ4n) is 1.91. The monoisotopic (exact) mass is 192 g/mol. The molecule has 6 heteroatoms. The van der Waals surface area contributed by atoms with Gasteiger partial charge in [-0.2, -0.15) is 0 Å². The smallest absolute Gasteiger partial charge is 0.316 e. The maximum absolute atomic E-state index is 11.4. The Morgan fingerprint density at radius 1 is 1.36 bits per heavy atom. The van der Waals surface area contributed by atoms with Crippen LogP contribution in [0.2, 0.25) is 0 Å². The highest BCUT2D eigenvalue weighted by atomic mass is 16.2. The average Bonchev–Trinajstić information content (AvgIpc) is 2.59. The first kappa shape index (κ1) is 7.54. The van der Waals surface area contributed by atoms with Crippen LogP contribution in [0.1, 0.15) is 6.42 Å². The van der Waals surface area contributed by atoms with Crippen molar-refractivity contribution in [3.8, 4) is 0 Å². The first-order valence-corrected chi connectivity index (χ1v) is 4.45. The van der Waals surface area contributed by atoms with E-state index in [9.17, 15) is 9.59 Å². The van der Waals surface area contributed by atoms with E-state index < -0.39 is 5.56 Å². The quantitative estimate of drug-likeness (QED) is 0.599. The third-order valence-electron chi connectivity index (χ3n) is 2.53. The summed E-state index contributed by atoms with van der Waals surface area (Å²) < 4.78 is 3.41. The summed E-state index contributed by atoms with van der Waals surface area (Å²) in [5.74, 6) is 0. The van der Waals surface area contributed by atoms with Crippen molar-refractivity contribution in [3.05, 3.63) is 27.2 Å². The summed E-state index contributed by atoms with van der Waals surface area (Å²) in [5, 5.41) is 0. The molecule has 14 heavy (non-hydrogen) atoms. The summed E-state index contributed by atoms with van der Waals surface area (Å²) in [4.78, 5) is 29.0. The fraction of sp³-hybridized carbons (Fsp3) is 0.375. The van der Waals surface area contributed by atoms with Crippen LogP contribution in [-0.4, -0.2) is 19.1 Å². The second kappa shape index (κ2) is 2.34. The minimum absolute atomic E-state index is 0.344. The first-order valence-electron chi connectivity index (χ1n) is 4.45. The van der Waals surface area contributed by atoms with Gasteiger partial charge in [-0.1, -0.05) is 0 Å². The minimum atomic E-state index is -0.401. The van der Waals surface area contributed by atoms with Gasteiger partial charge in [0, 0.05) is 13.1 Å². The van der Waals surface area contributed by atoms with Crippen LogP contribution in [0.4, 0.5) is 0 Å². The maximum atomic E-state index is 11.4. The van der Waals surface area contributed by atoms with Gasteiger partial charge in [0.2, 0.25) is 0 Å². The van der Waals surface area contributed by atoms with Gasteiger partial charge in [-0.05, 0) is 6.42 Å². The highest BCUT2D eigenvalue weighted by Crippen LogP contribution is 2.12. The Kier molecular flexibility index (Phi) is 1.26. The van der Waals surface area contributed by atoms with E-state index in [0.717, 1.165) is 13.0 Å². The summed E-state index contributed by atoms with van der Waals surface area (Å²) in [6.45, 7) is 1.47. The molecule has 1 N–H and O–H groups in total. The predicted octanol–water partition coefficient (Wildman–Crippen LogP) is -0.710. The molecule has 1 aliphatic heterocycles. The van der Waals surface area contributed by atoms with Crippen molar-refractivity contribution in [1.29, 1.82) is 0 Å². The Labute approximate surface area is 77.8 Å². The molecule has 0 saturated heterocycles. The topological polar surface area (TPSA) is 72.7 Å². The number of rotatable bonds is 0. The van der Waals surface area contributed by atoms with Crippen LogP contribution < -0.4 is 11.2 Å². The molecule has 72 valence electrons. The van der Waals surface area contributed by atoms with Gasteiger partial charge >= 0.3 is 5.69 Å².